The van der Waals surface area contributed by atoms with Crippen molar-refractivity contribution < 1.29 is 28.0 Å². The molecule has 10 heteroatoms. The van der Waals surface area contributed by atoms with Gasteiger partial charge in [-0.25, -0.2) is 4.79 Å². The summed E-state index contributed by atoms with van der Waals surface area (Å²) >= 11 is 6.06. The summed E-state index contributed by atoms with van der Waals surface area (Å²) in [4.78, 5) is 11.1. The zero-order valence-electron chi connectivity index (χ0n) is 14.3. The summed E-state index contributed by atoms with van der Waals surface area (Å²) in [5, 5.41) is 27.3. The Bertz CT molecular complexity index is 1240. The molecule has 3 N–H and O–H groups in total. The Balaban J connectivity index is 2.48. The van der Waals surface area contributed by atoms with Gasteiger partial charge in [0.15, 0.2) is 0 Å². The van der Waals surface area contributed by atoms with Gasteiger partial charge in [-0.3, -0.25) is 4.55 Å². The molecular formula is C18H13ClN2O6S. The molecule has 144 valence electrons. The predicted octanol–water partition coefficient (Wildman–Crippen LogP) is 4.87. The van der Waals surface area contributed by atoms with Crippen molar-refractivity contribution in [1.29, 1.82) is 0 Å². The number of carbonyl (C=O) groups is 1. The Hall–Kier alpha value is -3.01. The molecule has 3 aromatic carbocycles. The summed E-state index contributed by atoms with van der Waals surface area (Å²) < 4.78 is 33.3. The quantitative estimate of drug-likeness (QED) is 0.407. The molecule has 0 saturated carbocycles. The number of carboxylic acids is 1. The maximum atomic E-state index is 11.8. The van der Waals surface area contributed by atoms with Crippen LogP contribution in [-0.2, 0) is 10.1 Å². The van der Waals surface area contributed by atoms with E-state index in [4.69, 9.17) is 11.6 Å². The van der Waals surface area contributed by atoms with Crippen LogP contribution in [0.15, 0.2) is 57.6 Å². The Labute approximate surface area is 164 Å². The van der Waals surface area contributed by atoms with Crippen LogP contribution in [0.3, 0.4) is 0 Å². The molecule has 0 spiro atoms. The van der Waals surface area contributed by atoms with Crippen molar-refractivity contribution in [2.45, 2.75) is 11.8 Å². The number of fused-ring (bicyclic) bond motifs is 1. The van der Waals surface area contributed by atoms with Crippen LogP contribution in [0.1, 0.15) is 15.9 Å². The van der Waals surface area contributed by atoms with E-state index in [1.807, 2.05) is 0 Å². The summed E-state index contributed by atoms with van der Waals surface area (Å²) in [6.45, 7) is 1.46. The number of rotatable bonds is 4. The molecule has 0 fully saturated rings. The van der Waals surface area contributed by atoms with Gasteiger partial charge in [-0.2, -0.15) is 13.5 Å². The number of benzene rings is 3. The third-order valence-electron chi connectivity index (χ3n) is 4.07. The number of aryl methyl sites for hydroxylation is 1. The molecule has 28 heavy (non-hydrogen) atoms. The van der Waals surface area contributed by atoms with Crippen molar-refractivity contribution in [1.82, 2.24) is 0 Å². The molecule has 0 unspecified atom stereocenters. The van der Waals surface area contributed by atoms with Gasteiger partial charge >= 0.3 is 5.97 Å². The third-order valence-corrected chi connectivity index (χ3v) is 5.42. The van der Waals surface area contributed by atoms with Crippen LogP contribution in [0.5, 0.6) is 5.75 Å². The minimum Gasteiger partial charge on any atom is -0.505 e. The number of aromatic hydroxyl groups is 1. The maximum absolute atomic E-state index is 11.8. The van der Waals surface area contributed by atoms with E-state index in [0.717, 1.165) is 12.1 Å². The molecule has 0 saturated heterocycles. The van der Waals surface area contributed by atoms with Crippen LogP contribution < -0.4 is 0 Å². The van der Waals surface area contributed by atoms with Gasteiger partial charge in [0.25, 0.3) is 10.1 Å². The van der Waals surface area contributed by atoms with Gasteiger partial charge in [0.05, 0.1) is 10.7 Å². The fourth-order valence-electron chi connectivity index (χ4n) is 2.81. The topological polar surface area (TPSA) is 137 Å². The lowest BCUT2D eigenvalue weighted by atomic mass is 9.97. The van der Waals surface area contributed by atoms with E-state index < -0.39 is 32.3 Å². The first-order valence-electron chi connectivity index (χ1n) is 7.78. The van der Waals surface area contributed by atoms with E-state index in [-0.39, 0.29) is 27.0 Å². The van der Waals surface area contributed by atoms with Gasteiger partial charge in [-0.1, -0.05) is 35.9 Å². The van der Waals surface area contributed by atoms with E-state index in [1.54, 1.807) is 30.3 Å². The molecule has 3 aromatic rings. The van der Waals surface area contributed by atoms with Gasteiger partial charge in [0.1, 0.15) is 21.9 Å². The number of hydrogen-bond donors (Lipinski definition) is 3. The Kier molecular flexibility index (Phi) is 5.07. The Morgan fingerprint density at radius 2 is 1.71 bits per heavy atom. The minimum atomic E-state index is -4.71. The average molecular weight is 421 g/mol. The molecular weight excluding hydrogens is 408 g/mol. The fourth-order valence-corrected chi connectivity index (χ4v) is 3.63. The molecule has 0 bridgehead atoms. The zero-order valence-corrected chi connectivity index (χ0v) is 15.9. The number of hydrogen-bond acceptors (Lipinski definition) is 6. The first-order chi connectivity index (χ1) is 13.1. The van der Waals surface area contributed by atoms with Crippen LogP contribution >= 0.6 is 11.6 Å². The van der Waals surface area contributed by atoms with Crippen molar-refractivity contribution in [3.8, 4) is 5.75 Å². The Morgan fingerprint density at radius 1 is 1.07 bits per heavy atom. The second-order valence-corrected chi connectivity index (χ2v) is 7.58. The number of carboxylic acid groups (broad SMARTS) is 1. The van der Waals surface area contributed by atoms with Crippen LogP contribution in [0, 0.1) is 6.92 Å². The molecule has 0 amide bonds. The van der Waals surface area contributed by atoms with Crippen molar-refractivity contribution in [2.75, 3.05) is 0 Å². The standard InChI is InChI=1S/C18H13ClN2O6S/c1-9-13-11(14(18(23)24)17(22)15(9)19)7-8-12(28(25,26)27)16(13)21-20-10-5-3-2-4-6-10/h2-8,22H,1H3,(H,23,24)(H,25,26,27). The van der Waals surface area contributed by atoms with Crippen LogP contribution in [0.4, 0.5) is 11.4 Å². The van der Waals surface area contributed by atoms with Crippen molar-refractivity contribution in [3.63, 3.8) is 0 Å². The summed E-state index contributed by atoms with van der Waals surface area (Å²) in [5.41, 5.74) is -0.206. The number of phenols is 1. The molecule has 0 atom stereocenters. The molecule has 0 radical (unpaired) electrons. The lowest BCUT2D eigenvalue weighted by molar-refractivity contribution is 0.0696. The minimum absolute atomic E-state index is 0.00121. The first-order valence-corrected chi connectivity index (χ1v) is 9.60. The van der Waals surface area contributed by atoms with E-state index >= 15 is 0 Å². The highest BCUT2D eigenvalue weighted by Gasteiger charge is 2.26. The second-order valence-electron chi connectivity index (χ2n) is 5.81. The highest BCUT2D eigenvalue weighted by Crippen LogP contribution is 2.44. The van der Waals surface area contributed by atoms with Gasteiger partial charge < -0.3 is 10.2 Å². The van der Waals surface area contributed by atoms with E-state index in [9.17, 15) is 28.0 Å². The first kappa shape index (κ1) is 19.7. The molecule has 0 aromatic heterocycles. The maximum Gasteiger partial charge on any atom is 0.340 e. The average Bonchev–Trinajstić information content (AvgIpc) is 2.63. The fraction of sp³-hybridized carbons (Fsp3) is 0.0556. The summed E-state index contributed by atoms with van der Waals surface area (Å²) in [5.74, 6) is -2.11. The SMILES string of the molecule is Cc1c(Cl)c(O)c(C(=O)O)c2ccc(S(=O)(=O)O)c(N=Nc3ccccc3)c12. The predicted molar refractivity (Wildman–Crippen MR) is 103 cm³/mol. The molecule has 3 rings (SSSR count). The van der Waals surface area contributed by atoms with E-state index in [2.05, 4.69) is 10.2 Å². The van der Waals surface area contributed by atoms with Crippen molar-refractivity contribution in [2.24, 2.45) is 10.2 Å². The number of halogens is 1. The van der Waals surface area contributed by atoms with Gasteiger partial charge in [-0.05, 0) is 30.7 Å². The van der Waals surface area contributed by atoms with Crippen molar-refractivity contribution in [3.05, 3.63) is 58.6 Å². The Morgan fingerprint density at radius 3 is 2.29 bits per heavy atom. The number of azo groups is 1. The highest BCUT2D eigenvalue weighted by molar-refractivity contribution is 7.86. The summed E-state index contributed by atoms with van der Waals surface area (Å²) in [6.07, 6.45) is 0. The summed E-state index contributed by atoms with van der Waals surface area (Å²) in [7, 11) is -4.71. The molecule has 0 aliphatic carbocycles. The normalized spacial score (nSPS) is 12.0. The summed E-state index contributed by atoms with van der Waals surface area (Å²) in [6, 6.07) is 10.6. The van der Waals surface area contributed by atoms with Crippen LogP contribution in [0.2, 0.25) is 5.02 Å². The van der Waals surface area contributed by atoms with E-state index in [0.29, 0.717) is 5.69 Å². The molecule has 0 aliphatic rings. The van der Waals surface area contributed by atoms with Crippen LogP contribution in [-0.4, -0.2) is 29.2 Å². The lowest BCUT2D eigenvalue weighted by Crippen LogP contribution is -2.03. The number of aromatic carboxylic acids is 1. The molecule has 8 nitrogen and oxygen atoms in total. The smallest absolute Gasteiger partial charge is 0.340 e. The van der Waals surface area contributed by atoms with E-state index in [1.165, 1.54) is 6.92 Å². The highest BCUT2D eigenvalue weighted by atomic mass is 35.5. The van der Waals surface area contributed by atoms with Crippen LogP contribution in [0.25, 0.3) is 10.8 Å². The second kappa shape index (κ2) is 7.19. The third kappa shape index (κ3) is 3.42. The van der Waals surface area contributed by atoms with Gasteiger partial charge in [-0.15, -0.1) is 5.11 Å². The lowest BCUT2D eigenvalue weighted by Gasteiger charge is -2.14. The monoisotopic (exact) mass is 420 g/mol. The zero-order chi connectivity index (χ0) is 20.6. The molecule has 0 aliphatic heterocycles. The van der Waals surface area contributed by atoms with Crippen molar-refractivity contribution >= 4 is 49.8 Å². The van der Waals surface area contributed by atoms with Gasteiger partial charge in [0.2, 0.25) is 0 Å². The largest absolute Gasteiger partial charge is 0.505 e. The number of nitrogens with zero attached hydrogens (tertiary/aromatic N) is 2. The molecule has 0 heterocycles. The van der Waals surface area contributed by atoms with Gasteiger partial charge in [0, 0.05) is 10.8 Å².